The molecule has 1 aromatic rings. The average Bonchev–Trinajstić information content (AvgIpc) is 2.36. The topological polar surface area (TPSA) is 41.1 Å². The molecule has 1 aromatic carbocycles. The van der Waals surface area contributed by atoms with Crippen LogP contribution in [0, 0.1) is 17.6 Å². The fourth-order valence-corrected chi connectivity index (χ4v) is 1.92. The molecule has 0 saturated heterocycles. The summed E-state index contributed by atoms with van der Waals surface area (Å²) in [5.74, 6) is -0.661. The van der Waals surface area contributed by atoms with Crippen molar-refractivity contribution in [3.05, 3.63) is 35.4 Å². The molecule has 1 atom stereocenters. The molecule has 0 aromatic heterocycles. The number of nitrogens with one attached hydrogen (secondary N) is 2. The van der Waals surface area contributed by atoms with Crippen molar-refractivity contribution in [2.75, 3.05) is 13.1 Å². The maximum Gasteiger partial charge on any atom is 0.236 e. The number of rotatable bonds is 8. The Bertz CT molecular complexity index is 443. The van der Waals surface area contributed by atoms with Gasteiger partial charge in [-0.05, 0) is 49.9 Å². The summed E-state index contributed by atoms with van der Waals surface area (Å²) in [7, 11) is 0. The van der Waals surface area contributed by atoms with Crippen molar-refractivity contribution in [3.8, 4) is 0 Å². The number of halogens is 2. The number of hydrogen-bond acceptors (Lipinski definition) is 2. The third kappa shape index (κ3) is 7.18. The van der Waals surface area contributed by atoms with Crippen molar-refractivity contribution >= 4 is 5.91 Å². The third-order valence-electron chi connectivity index (χ3n) is 3.20. The molecule has 1 unspecified atom stereocenters. The lowest BCUT2D eigenvalue weighted by molar-refractivity contribution is -0.122. The van der Waals surface area contributed by atoms with Crippen LogP contribution in [0.15, 0.2) is 18.2 Å². The minimum atomic E-state index is -0.579. The predicted molar refractivity (Wildman–Crippen MR) is 80.0 cm³/mol. The molecule has 0 aliphatic rings. The summed E-state index contributed by atoms with van der Waals surface area (Å²) in [6.45, 7) is 7.13. The maximum absolute atomic E-state index is 13.0. The Labute approximate surface area is 125 Å². The highest BCUT2D eigenvalue weighted by Gasteiger charge is 2.11. The van der Waals surface area contributed by atoms with E-state index in [-0.39, 0.29) is 11.9 Å². The van der Waals surface area contributed by atoms with Gasteiger partial charge in [0.15, 0.2) is 0 Å². The molecule has 3 nitrogen and oxygen atoms in total. The van der Waals surface area contributed by atoms with Crippen molar-refractivity contribution in [1.29, 1.82) is 0 Å². The van der Waals surface area contributed by atoms with E-state index in [0.717, 1.165) is 12.5 Å². The second-order valence-electron chi connectivity index (χ2n) is 5.68. The quantitative estimate of drug-likeness (QED) is 0.774. The Morgan fingerprint density at radius 1 is 1.10 bits per heavy atom. The largest absolute Gasteiger partial charge is 0.355 e. The van der Waals surface area contributed by atoms with Crippen LogP contribution >= 0.6 is 0 Å². The first-order valence-corrected chi connectivity index (χ1v) is 7.34. The highest BCUT2D eigenvalue weighted by atomic mass is 19.1. The van der Waals surface area contributed by atoms with Gasteiger partial charge in [-0.25, -0.2) is 8.78 Å². The number of carbonyl (C=O) groups excluding carboxylic acids is 1. The van der Waals surface area contributed by atoms with Crippen LogP contribution in [-0.2, 0) is 11.2 Å². The second kappa shape index (κ2) is 8.72. The van der Waals surface area contributed by atoms with Crippen LogP contribution in [0.2, 0.25) is 0 Å². The monoisotopic (exact) mass is 298 g/mol. The smallest absolute Gasteiger partial charge is 0.236 e. The van der Waals surface area contributed by atoms with Crippen molar-refractivity contribution in [1.82, 2.24) is 10.6 Å². The lowest BCUT2D eigenvalue weighted by atomic mass is 10.1. The highest BCUT2D eigenvalue weighted by molar-refractivity contribution is 5.81. The second-order valence-corrected chi connectivity index (χ2v) is 5.68. The molecular weight excluding hydrogens is 274 g/mol. The number of carbonyl (C=O) groups is 1. The number of hydrogen-bond donors (Lipinski definition) is 2. The predicted octanol–water partition coefficient (Wildman–Crippen LogP) is 2.65. The summed E-state index contributed by atoms with van der Waals surface area (Å²) in [5, 5.41) is 5.91. The van der Waals surface area contributed by atoms with E-state index in [9.17, 15) is 13.6 Å². The summed E-state index contributed by atoms with van der Waals surface area (Å²) in [5.41, 5.74) is 0.576. The lowest BCUT2D eigenvalue weighted by Crippen LogP contribution is -2.43. The fraction of sp³-hybridized carbons (Fsp3) is 0.562. The van der Waals surface area contributed by atoms with Gasteiger partial charge in [0.2, 0.25) is 5.91 Å². The molecule has 0 heterocycles. The van der Waals surface area contributed by atoms with E-state index in [0.29, 0.717) is 31.0 Å². The van der Waals surface area contributed by atoms with Crippen molar-refractivity contribution in [2.24, 2.45) is 5.92 Å². The molecule has 21 heavy (non-hydrogen) atoms. The van der Waals surface area contributed by atoms with Gasteiger partial charge in [-0.3, -0.25) is 4.79 Å². The molecular formula is C16H24F2N2O. The van der Waals surface area contributed by atoms with E-state index in [2.05, 4.69) is 24.5 Å². The van der Waals surface area contributed by atoms with Crippen LogP contribution in [0.25, 0.3) is 0 Å². The van der Waals surface area contributed by atoms with E-state index >= 15 is 0 Å². The highest BCUT2D eigenvalue weighted by Crippen LogP contribution is 2.08. The van der Waals surface area contributed by atoms with E-state index in [1.54, 1.807) is 6.92 Å². The van der Waals surface area contributed by atoms with Gasteiger partial charge in [0.25, 0.3) is 0 Å². The van der Waals surface area contributed by atoms with Crippen LogP contribution in [0.3, 0.4) is 0 Å². The Kier molecular flexibility index (Phi) is 7.29. The van der Waals surface area contributed by atoms with Gasteiger partial charge in [-0.15, -0.1) is 0 Å². The first kappa shape index (κ1) is 17.6. The minimum Gasteiger partial charge on any atom is -0.355 e. The Hall–Kier alpha value is -1.49. The fourth-order valence-electron chi connectivity index (χ4n) is 1.92. The Balaban J connectivity index is 2.29. The molecule has 1 rings (SSSR count). The van der Waals surface area contributed by atoms with Gasteiger partial charge in [0, 0.05) is 12.6 Å². The van der Waals surface area contributed by atoms with Crippen LogP contribution < -0.4 is 10.6 Å². The average molecular weight is 298 g/mol. The van der Waals surface area contributed by atoms with Crippen molar-refractivity contribution < 1.29 is 13.6 Å². The van der Waals surface area contributed by atoms with Crippen molar-refractivity contribution in [3.63, 3.8) is 0 Å². The zero-order valence-corrected chi connectivity index (χ0v) is 12.9. The van der Waals surface area contributed by atoms with E-state index in [4.69, 9.17) is 0 Å². The van der Waals surface area contributed by atoms with E-state index in [1.165, 1.54) is 12.1 Å². The Morgan fingerprint density at radius 2 is 1.71 bits per heavy atom. The molecule has 0 aliphatic carbocycles. The van der Waals surface area contributed by atoms with Gasteiger partial charge in [0.1, 0.15) is 11.6 Å². The molecule has 0 spiro atoms. The van der Waals surface area contributed by atoms with Gasteiger partial charge >= 0.3 is 0 Å². The summed E-state index contributed by atoms with van der Waals surface area (Å²) in [6.07, 6.45) is 1.42. The van der Waals surface area contributed by atoms with Crippen LogP contribution in [0.5, 0.6) is 0 Å². The molecule has 0 saturated carbocycles. The van der Waals surface area contributed by atoms with Crippen molar-refractivity contribution in [2.45, 2.75) is 39.7 Å². The zero-order chi connectivity index (χ0) is 15.8. The van der Waals surface area contributed by atoms with Crippen LogP contribution in [-0.4, -0.2) is 25.0 Å². The first-order chi connectivity index (χ1) is 9.88. The zero-order valence-electron chi connectivity index (χ0n) is 12.9. The normalized spacial score (nSPS) is 12.5. The molecule has 5 heteroatoms. The summed E-state index contributed by atoms with van der Waals surface area (Å²) in [6, 6.07) is 3.13. The lowest BCUT2D eigenvalue weighted by Gasteiger charge is -2.14. The summed E-state index contributed by atoms with van der Waals surface area (Å²) < 4.78 is 26.0. The summed E-state index contributed by atoms with van der Waals surface area (Å²) in [4.78, 5) is 11.8. The molecule has 2 N–H and O–H groups in total. The molecule has 0 aliphatic heterocycles. The molecule has 0 fully saturated rings. The number of benzene rings is 1. The van der Waals surface area contributed by atoms with E-state index in [1.807, 2.05) is 0 Å². The standard InChI is InChI=1S/C16H24F2N2O/c1-11(2)4-6-20-16(21)12(3)19-7-5-13-8-14(17)10-15(18)9-13/h8-12,19H,4-7H2,1-3H3,(H,20,21). The SMILES string of the molecule is CC(C)CCNC(=O)C(C)NCCc1cc(F)cc(F)c1. The van der Waals surface area contributed by atoms with Crippen LogP contribution in [0.4, 0.5) is 8.78 Å². The molecule has 0 bridgehead atoms. The minimum absolute atomic E-state index is 0.0546. The molecule has 118 valence electrons. The first-order valence-electron chi connectivity index (χ1n) is 7.34. The Morgan fingerprint density at radius 3 is 2.29 bits per heavy atom. The maximum atomic E-state index is 13.0. The van der Waals surface area contributed by atoms with Gasteiger partial charge in [-0.1, -0.05) is 13.8 Å². The van der Waals surface area contributed by atoms with Gasteiger partial charge in [0.05, 0.1) is 6.04 Å². The summed E-state index contributed by atoms with van der Waals surface area (Å²) >= 11 is 0. The van der Waals surface area contributed by atoms with Crippen LogP contribution in [0.1, 0.15) is 32.8 Å². The molecule has 1 amide bonds. The van der Waals surface area contributed by atoms with Gasteiger partial charge < -0.3 is 10.6 Å². The van der Waals surface area contributed by atoms with E-state index < -0.39 is 11.6 Å². The number of amides is 1. The van der Waals surface area contributed by atoms with Gasteiger partial charge in [-0.2, -0.15) is 0 Å². The third-order valence-corrected chi connectivity index (χ3v) is 3.20. The molecule has 0 radical (unpaired) electrons.